The molecule has 122 valence electrons. The molecule has 0 saturated carbocycles. The lowest BCUT2D eigenvalue weighted by molar-refractivity contribution is 0.0598. The molecule has 0 bridgehead atoms. The van der Waals surface area contributed by atoms with E-state index in [1.165, 1.54) is 0 Å². The second-order valence-corrected chi connectivity index (χ2v) is 6.70. The van der Waals surface area contributed by atoms with E-state index in [2.05, 4.69) is 10.2 Å². The van der Waals surface area contributed by atoms with Crippen LogP contribution in [0.3, 0.4) is 0 Å². The number of rotatable bonds is 3. The van der Waals surface area contributed by atoms with E-state index >= 15 is 0 Å². The lowest BCUT2D eigenvalue weighted by Crippen LogP contribution is -2.39. The van der Waals surface area contributed by atoms with Crippen LogP contribution < -0.4 is 0 Å². The molecule has 0 radical (unpaired) electrons. The van der Waals surface area contributed by atoms with Gasteiger partial charge in [-0.25, -0.2) is 0 Å². The summed E-state index contributed by atoms with van der Waals surface area (Å²) in [5.74, 6) is 0.924. The summed E-state index contributed by atoms with van der Waals surface area (Å²) in [6, 6.07) is 11.9. The normalized spacial score (nSPS) is 17.8. The average Bonchev–Trinajstić information content (AvgIpc) is 3.33. The summed E-state index contributed by atoms with van der Waals surface area (Å²) < 4.78 is 1.99. The number of para-hydroxylation sites is 1. The van der Waals surface area contributed by atoms with Crippen molar-refractivity contribution in [1.29, 1.82) is 0 Å². The third-order valence-corrected chi connectivity index (χ3v) is 5.12. The zero-order valence-electron chi connectivity index (χ0n) is 13.2. The number of amides is 1. The monoisotopic (exact) mass is 338 g/mol. The maximum absolute atomic E-state index is 12.9. The molecule has 1 amide bonds. The predicted molar refractivity (Wildman–Crippen MR) is 93.3 cm³/mol. The number of likely N-dealkylation sites (tertiary alicyclic amines) is 1. The van der Waals surface area contributed by atoms with Crippen molar-refractivity contribution in [3.8, 4) is 5.69 Å². The van der Waals surface area contributed by atoms with Crippen molar-refractivity contribution in [2.75, 3.05) is 6.54 Å². The minimum absolute atomic E-state index is 0.0335. The molecule has 0 N–H and O–H groups in total. The van der Waals surface area contributed by atoms with Gasteiger partial charge in [-0.1, -0.05) is 18.2 Å². The van der Waals surface area contributed by atoms with E-state index in [4.69, 9.17) is 0 Å². The van der Waals surface area contributed by atoms with Gasteiger partial charge >= 0.3 is 0 Å². The number of hydrogen-bond acceptors (Lipinski definition) is 4. The topological polar surface area (TPSA) is 51.0 Å². The van der Waals surface area contributed by atoms with E-state index in [1.54, 1.807) is 17.7 Å². The number of nitrogens with zero attached hydrogens (tertiary/aromatic N) is 4. The standard InChI is InChI=1S/C18H18N4OS/c23-18(14-9-11-24-12-14)21-10-5-4-8-16(21)17-20-19-13-22(17)15-6-2-1-3-7-15/h1-3,6-7,9,11-13,16H,4-5,8,10H2. The first-order valence-corrected chi connectivity index (χ1v) is 9.07. The van der Waals surface area contributed by atoms with Gasteiger partial charge in [0.1, 0.15) is 6.33 Å². The Hall–Kier alpha value is -2.47. The first-order chi connectivity index (χ1) is 11.8. The van der Waals surface area contributed by atoms with Crippen LogP contribution in [0.25, 0.3) is 5.69 Å². The summed E-state index contributed by atoms with van der Waals surface area (Å²) in [5.41, 5.74) is 1.78. The number of aromatic nitrogens is 3. The van der Waals surface area contributed by atoms with Crippen LogP contribution in [0.15, 0.2) is 53.5 Å². The van der Waals surface area contributed by atoms with E-state index in [0.717, 1.165) is 42.9 Å². The number of carbonyl (C=O) groups is 1. The van der Waals surface area contributed by atoms with Gasteiger partial charge in [-0.05, 0) is 42.8 Å². The van der Waals surface area contributed by atoms with Crippen LogP contribution in [0, 0.1) is 0 Å². The lowest BCUT2D eigenvalue weighted by atomic mass is 10.0. The van der Waals surface area contributed by atoms with Gasteiger partial charge in [-0.3, -0.25) is 9.36 Å². The Labute approximate surface area is 144 Å². The summed E-state index contributed by atoms with van der Waals surface area (Å²) in [6.45, 7) is 0.765. The molecule has 0 aliphatic carbocycles. The maximum atomic E-state index is 12.9. The maximum Gasteiger partial charge on any atom is 0.255 e. The Balaban J connectivity index is 1.70. The Morgan fingerprint density at radius 2 is 2.04 bits per heavy atom. The summed E-state index contributed by atoms with van der Waals surface area (Å²) in [4.78, 5) is 14.8. The molecule has 6 heteroatoms. The van der Waals surface area contributed by atoms with Gasteiger partial charge in [0.05, 0.1) is 11.6 Å². The minimum atomic E-state index is -0.0335. The molecule has 3 heterocycles. The Bertz CT molecular complexity index is 813. The predicted octanol–water partition coefficient (Wildman–Crippen LogP) is 3.70. The second kappa shape index (κ2) is 6.57. The van der Waals surface area contributed by atoms with Crippen molar-refractivity contribution in [3.63, 3.8) is 0 Å². The number of carbonyl (C=O) groups excluding carboxylic acids is 1. The van der Waals surface area contributed by atoms with Gasteiger partial charge in [-0.15, -0.1) is 10.2 Å². The van der Waals surface area contributed by atoms with Crippen molar-refractivity contribution in [1.82, 2.24) is 19.7 Å². The zero-order chi connectivity index (χ0) is 16.4. The largest absolute Gasteiger partial charge is 0.328 e. The summed E-state index contributed by atoms with van der Waals surface area (Å²) in [7, 11) is 0. The molecule has 0 spiro atoms. The molecule has 1 fully saturated rings. The number of benzene rings is 1. The molecular formula is C18H18N4OS. The second-order valence-electron chi connectivity index (χ2n) is 5.92. The van der Waals surface area contributed by atoms with Gasteiger partial charge in [-0.2, -0.15) is 11.3 Å². The quantitative estimate of drug-likeness (QED) is 0.732. The highest BCUT2D eigenvalue weighted by Gasteiger charge is 2.32. The van der Waals surface area contributed by atoms with Crippen LogP contribution in [0.2, 0.25) is 0 Å². The third kappa shape index (κ3) is 2.73. The highest BCUT2D eigenvalue weighted by Crippen LogP contribution is 2.32. The minimum Gasteiger partial charge on any atom is -0.328 e. The molecule has 5 nitrogen and oxygen atoms in total. The molecule has 1 aliphatic rings. The van der Waals surface area contributed by atoms with E-state index < -0.39 is 0 Å². The van der Waals surface area contributed by atoms with Crippen LogP contribution in [-0.4, -0.2) is 32.1 Å². The van der Waals surface area contributed by atoms with Crippen molar-refractivity contribution in [2.24, 2.45) is 0 Å². The summed E-state index contributed by atoms with van der Waals surface area (Å²) in [6.07, 6.45) is 4.78. The molecule has 1 saturated heterocycles. The van der Waals surface area contributed by atoms with Crippen molar-refractivity contribution >= 4 is 17.2 Å². The Kier molecular flexibility index (Phi) is 4.13. The molecule has 1 unspecified atom stereocenters. The van der Waals surface area contributed by atoms with E-state index in [1.807, 2.05) is 56.6 Å². The van der Waals surface area contributed by atoms with Crippen LogP contribution in [-0.2, 0) is 0 Å². The van der Waals surface area contributed by atoms with Gasteiger partial charge in [0.2, 0.25) is 0 Å². The molecular weight excluding hydrogens is 320 g/mol. The van der Waals surface area contributed by atoms with Gasteiger partial charge in [0, 0.05) is 17.6 Å². The average molecular weight is 338 g/mol. The Morgan fingerprint density at radius 3 is 2.83 bits per heavy atom. The fourth-order valence-corrected chi connectivity index (χ4v) is 3.88. The Morgan fingerprint density at radius 1 is 1.17 bits per heavy atom. The first-order valence-electron chi connectivity index (χ1n) is 8.13. The van der Waals surface area contributed by atoms with Crippen molar-refractivity contribution in [3.05, 3.63) is 64.9 Å². The smallest absolute Gasteiger partial charge is 0.255 e. The highest BCUT2D eigenvalue weighted by molar-refractivity contribution is 7.08. The fraction of sp³-hybridized carbons (Fsp3) is 0.278. The van der Waals surface area contributed by atoms with Crippen LogP contribution >= 0.6 is 11.3 Å². The van der Waals surface area contributed by atoms with Crippen molar-refractivity contribution < 1.29 is 4.79 Å². The third-order valence-electron chi connectivity index (χ3n) is 4.44. The van der Waals surface area contributed by atoms with Crippen LogP contribution in [0.5, 0.6) is 0 Å². The molecule has 1 atom stereocenters. The number of hydrogen-bond donors (Lipinski definition) is 0. The fourth-order valence-electron chi connectivity index (χ4n) is 3.25. The molecule has 24 heavy (non-hydrogen) atoms. The van der Waals surface area contributed by atoms with Gasteiger partial charge in [0.15, 0.2) is 5.82 Å². The first kappa shape index (κ1) is 15.1. The highest BCUT2D eigenvalue weighted by atomic mass is 32.1. The summed E-state index contributed by atoms with van der Waals surface area (Å²) >= 11 is 1.55. The van der Waals surface area contributed by atoms with Crippen LogP contribution in [0.1, 0.15) is 41.5 Å². The molecule has 1 aromatic carbocycles. The number of piperidine rings is 1. The van der Waals surface area contributed by atoms with Crippen LogP contribution in [0.4, 0.5) is 0 Å². The zero-order valence-corrected chi connectivity index (χ0v) is 14.0. The molecule has 4 rings (SSSR count). The number of thiophene rings is 1. The molecule has 2 aromatic heterocycles. The van der Waals surface area contributed by atoms with Gasteiger partial charge in [0.25, 0.3) is 5.91 Å². The van der Waals surface area contributed by atoms with E-state index in [9.17, 15) is 4.79 Å². The SMILES string of the molecule is O=C(c1ccsc1)N1CCCCC1c1nncn1-c1ccccc1. The molecule has 3 aromatic rings. The van der Waals surface area contributed by atoms with Crippen molar-refractivity contribution in [2.45, 2.75) is 25.3 Å². The lowest BCUT2D eigenvalue weighted by Gasteiger charge is -2.35. The van der Waals surface area contributed by atoms with E-state index in [0.29, 0.717) is 0 Å². The van der Waals surface area contributed by atoms with Gasteiger partial charge < -0.3 is 4.90 Å². The molecule has 1 aliphatic heterocycles. The summed E-state index contributed by atoms with van der Waals surface area (Å²) in [5, 5.41) is 12.3. The van der Waals surface area contributed by atoms with E-state index in [-0.39, 0.29) is 11.9 Å².